The molecular weight excluding hydrogens is 1050 g/mol. The Balaban J connectivity index is 0.839. The maximum absolute atomic E-state index is 13.0. The average molecular weight is 1110 g/mol. The third kappa shape index (κ3) is 13.0. The summed E-state index contributed by atoms with van der Waals surface area (Å²) < 4.78 is 60.7. The van der Waals surface area contributed by atoms with E-state index in [1.54, 1.807) is 0 Å². The van der Waals surface area contributed by atoms with Crippen LogP contribution in [0.4, 0.5) is 0 Å². The van der Waals surface area contributed by atoms with E-state index in [9.17, 15) is 76.0 Å². The molecule has 16 atom stereocenters. The zero-order valence-electron chi connectivity index (χ0n) is 42.0. The van der Waals surface area contributed by atoms with Gasteiger partial charge in [-0.15, -0.1) is 0 Å². The van der Waals surface area contributed by atoms with Crippen molar-refractivity contribution in [3.05, 3.63) is 107 Å². The highest BCUT2D eigenvalue weighted by Crippen LogP contribution is 2.48. The Morgan fingerprint density at radius 1 is 0.595 bits per heavy atom. The third-order valence-corrected chi connectivity index (χ3v) is 13.2. The van der Waals surface area contributed by atoms with Crippen molar-refractivity contribution >= 4 is 30.2 Å². The molecule has 0 aromatic heterocycles. The van der Waals surface area contributed by atoms with Gasteiger partial charge in [-0.2, -0.15) is 0 Å². The van der Waals surface area contributed by atoms with Crippen LogP contribution in [0, 0.1) is 0 Å². The highest BCUT2D eigenvalue weighted by molar-refractivity contribution is 5.88. The molecule has 8 rings (SSSR count). The van der Waals surface area contributed by atoms with E-state index < -0.39 is 135 Å². The molecule has 0 amide bonds. The van der Waals surface area contributed by atoms with E-state index in [1.807, 2.05) is 0 Å². The minimum Gasteiger partial charge on any atom is -0.571 e. The second-order valence-electron chi connectivity index (χ2n) is 18.6. The first kappa shape index (κ1) is 57.7. The number of aliphatic hydroxyl groups is 9. The number of benzene rings is 4. The van der Waals surface area contributed by atoms with E-state index in [0.29, 0.717) is 16.7 Å². The van der Waals surface area contributed by atoms with Gasteiger partial charge in [0.1, 0.15) is 90.5 Å². The number of hydrogen-bond acceptors (Lipinski definition) is 25. The Morgan fingerprint density at radius 2 is 1.18 bits per heavy atom. The molecule has 4 aliphatic rings. The molecule has 4 aromatic carbocycles. The fraction of sp³-hybridized carbons (Fsp3) is 0.396. The first-order valence-electron chi connectivity index (χ1n) is 24.3. The van der Waals surface area contributed by atoms with Crippen LogP contribution in [-0.4, -0.2) is 203 Å². The largest absolute Gasteiger partial charge is 0.571 e. The maximum atomic E-state index is 13.0. The molecule has 3 fully saturated rings. The van der Waals surface area contributed by atoms with E-state index in [-0.39, 0.29) is 51.6 Å². The van der Waals surface area contributed by atoms with E-state index >= 15 is 0 Å². The first-order chi connectivity index (χ1) is 37.6. The Kier molecular flexibility index (Phi) is 18.1. The fourth-order valence-corrected chi connectivity index (χ4v) is 8.78. The molecule has 0 bridgehead atoms. The number of aliphatic hydroxyl groups excluding tert-OH is 8. The third-order valence-electron chi connectivity index (χ3n) is 13.2. The number of hydrogen-bond donors (Lipinski definition) is 13. The first-order valence-corrected chi connectivity index (χ1v) is 24.3. The van der Waals surface area contributed by atoms with Crippen LogP contribution in [0.25, 0.3) is 18.2 Å². The Bertz CT molecular complexity index is 2870. The van der Waals surface area contributed by atoms with Crippen molar-refractivity contribution in [3.8, 4) is 51.7 Å². The molecule has 0 saturated carbocycles. The average Bonchev–Trinajstić information content (AvgIpc) is 3.51. The van der Waals surface area contributed by atoms with E-state index in [0.717, 1.165) is 18.2 Å². The van der Waals surface area contributed by atoms with Crippen molar-refractivity contribution in [2.75, 3.05) is 27.4 Å². The molecule has 0 aliphatic carbocycles. The van der Waals surface area contributed by atoms with Gasteiger partial charge in [-0.25, -0.2) is 9.59 Å². The number of phenols is 5. The Morgan fingerprint density at radius 3 is 1.81 bits per heavy atom. The molecule has 0 radical (unpaired) electrons. The number of aromatic hydroxyl groups is 6. The molecule has 14 N–H and O–H groups in total. The molecule has 4 heterocycles. The summed E-state index contributed by atoms with van der Waals surface area (Å²) in [7, 11) is 2.61. The van der Waals surface area contributed by atoms with Crippen molar-refractivity contribution < 1.29 is 128 Å². The predicted octanol–water partition coefficient (Wildman–Crippen LogP) is -0.0555. The molecule has 79 heavy (non-hydrogen) atoms. The summed E-state index contributed by atoms with van der Waals surface area (Å²) >= 11 is 0. The van der Waals surface area contributed by atoms with Crippen molar-refractivity contribution in [2.45, 2.75) is 105 Å². The van der Waals surface area contributed by atoms with Crippen molar-refractivity contribution in [2.24, 2.45) is 0 Å². The van der Waals surface area contributed by atoms with E-state index in [1.165, 1.54) is 100 Å². The smallest absolute Gasteiger partial charge is 0.331 e. The quantitative estimate of drug-likeness (QED) is 0.0285. The summed E-state index contributed by atoms with van der Waals surface area (Å²) in [5, 5.41) is 137. The number of methoxy groups -OCH3 is 2. The van der Waals surface area contributed by atoms with Crippen LogP contribution >= 0.6 is 0 Å². The molecule has 4 aromatic rings. The lowest BCUT2D eigenvalue weighted by molar-refractivity contribution is -0.325. The van der Waals surface area contributed by atoms with Gasteiger partial charge < -0.3 is 118 Å². The molecule has 3 saturated heterocycles. The van der Waals surface area contributed by atoms with Gasteiger partial charge in [0.2, 0.25) is 18.3 Å². The summed E-state index contributed by atoms with van der Waals surface area (Å²) in [6, 6.07) is 14.9. The zero-order chi connectivity index (χ0) is 57.0. The monoisotopic (exact) mass is 1110 g/mol. The molecule has 1 unspecified atom stereocenters. The minimum atomic E-state index is -1.91. The Hall–Kier alpha value is -7.44. The van der Waals surface area contributed by atoms with Gasteiger partial charge in [0, 0.05) is 24.3 Å². The van der Waals surface area contributed by atoms with Crippen LogP contribution in [0.3, 0.4) is 0 Å². The summed E-state index contributed by atoms with van der Waals surface area (Å²) in [5.74, 6) is -3.48. The van der Waals surface area contributed by atoms with Gasteiger partial charge in [0.05, 0.1) is 38.6 Å². The van der Waals surface area contributed by atoms with Gasteiger partial charge in [-0.1, -0.05) is 18.2 Å². The van der Waals surface area contributed by atoms with Gasteiger partial charge in [-0.3, -0.25) is 0 Å². The number of fused-ring (bicyclic) bond motifs is 1. The zero-order valence-corrected chi connectivity index (χ0v) is 42.0. The molecular formula is C53H59O26+. The van der Waals surface area contributed by atoms with Crippen LogP contribution in [0.2, 0.25) is 0 Å². The van der Waals surface area contributed by atoms with Crippen LogP contribution in [0.1, 0.15) is 35.3 Å². The normalized spacial score (nSPS) is 30.6. The van der Waals surface area contributed by atoms with Gasteiger partial charge in [-0.05, 0) is 66.6 Å². The van der Waals surface area contributed by atoms with E-state index in [4.69, 9.17) is 47.4 Å². The highest BCUT2D eigenvalue weighted by Gasteiger charge is 2.50. The van der Waals surface area contributed by atoms with Gasteiger partial charge in [0.25, 0.3) is 11.9 Å². The number of phenolic OH excluding ortho intramolecular Hbond substituents is 5. The lowest BCUT2D eigenvalue weighted by Crippen LogP contribution is -2.61. The van der Waals surface area contributed by atoms with Crippen molar-refractivity contribution in [3.63, 3.8) is 0 Å². The van der Waals surface area contributed by atoms with Crippen LogP contribution in [0.15, 0.2) is 84.6 Å². The van der Waals surface area contributed by atoms with Crippen molar-refractivity contribution in [1.82, 2.24) is 0 Å². The molecule has 26 nitrogen and oxygen atoms in total. The van der Waals surface area contributed by atoms with Crippen molar-refractivity contribution in [1.29, 1.82) is 0 Å². The summed E-state index contributed by atoms with van der Waals surface area (Å²) in [6.45, 7) is 0.226. The van der Waals surface area contributed by atoms with Gasteiger partial charge >= 0.3 is 11.9 Å². The molecule has 426 valence electrons. The minimum absolute atomic E-state index is 0.0128. The number of ether oxygens (including phenoxy) is 11. The maximum Gasteiger partial charge on any atom is 0.331 e. The topological polar surface area (TPSA) is 402 Å². The van der Waals surface area contributed by atoms with Crippen LogP contribution < -0.4 is 14.2 Å². The molecule has 26 heteroatoms. The SMILES string of the molecule is COc1cc(C2[OH+]c3cc(O)cc(O)c3C=C2O[C@@H]2O[C@H](CO[C@@H]3O[C@@H](C)[C@H](OC(=O)/C=C/c4ccc(O[C@@H]5O[C@H](COC(=O)/C=C/c6ccc(O)c(O)c6)[C@H](O)[C@H](O)[C@H]5O)cc4)[C@@H](O)[C@@H]3O)[C@H](O)[C@H](O)[C@H]2O)cc(OC)c1O. The summed E-state index contributed by atoms with van der Waals surface area (Å²) in [5.41, 5.74) is 1.19. The summed E-state index contributed by atoms with van der Waals surface area (Å²) in [6.07, 6.45) is -19.8. The molecule has 0 spiro atoms. The number of rotatable bonds is 17. The summed E-state index contributed by atoms with van der Waals surface area (Å²) in [4.78, 5) is 25.3. The number of carbonyl (C=O) groups is 2. The second-order valence-corrected chi connectivity index (χ2v) is 18.6. The number of carbonyl (C=O) groups excluding carboxylic acids is 2. The Labute approximate surface area is 448 Å². The number of esters is 2. The predicted molar refractivity (Wildman–Crippen MR) is 266 cm³/mol. The second kappa shape index (κ2) is 24.7. The van der Waals surface area contributed by atoms with Crippen LogP contribution in [-0.2, 0) is 42.7 Å². The molecule has 4 aliphatic heterocycles. The fourth-order valence-electron chi connectivity index (χ4n) is 8.78. The standard InChI is InChI=1S/C53H58O26/c1-22-49(79-39(59)13-7-23-4-9-27(10-5-23)74-52-46(66)43(63)41(61)36(77-52)20-71-38(58)12-8-24-6-11-29(55)31(57)14-24)45(65)48(68)51(73-22)72-21-37-42(62)44(64)47(67)53(78-37)76-35-19-28-30(56)17-26(54)18-32(28)75-50(35)25-15-33(69-2)40(60)34(16-25)70-3/h4-19,22,36-37,41-57,60-68H,20-21H2,1-3H3/p+1/b12-8+,13-7+/t22-,36+,37+,41-,42-,43-,44-,45-,46+,47+,48-,49-,50?,51+,52+,53+/m0/s1. The lowest BCUT2D eigenvalue weighted by Gasteiger charge is -2.43. The van der Waals surface area contributed by atoms with Crippen LogP contribution in [0.5, 0.6) is 51.7 Å². The highest BCUT2D eigenvalue weighted by atomic mass is 16.7. The van der Waals surface area contributed by atoms with E-state index in [2.05, 4.69) is 4.74 Å². The van der Waals surface area contributed by atoms with Gasteiger partial charge in [0.15, 0.2) is 41.2 Å². The lowest BCUT2D eigenvalue weighted by atomic mass is 9.98.